The number of carboxylic acid groups (broad SMARTS) is 2. The van der Waals surface area contributed by atoms with E-state index in [-0.39, 0.29) is 18.6 Å². The van der Waals surface area contributed by atoms with Gasteiger partial charge in [-0.1, -0.05) is 0 Å². The molecule has 0 spiro atoms. The minimum absolute atomic E-state index is 0.0627. The van der Waals surface area contributed by atoms with Crippen LogP contribution in [-0.2, 0) is 24.0 Å². The maximum atomic E-state index is 12.9. The summed E-state index contributed by atoms with van der Waals surface area (Å²) in [5.74, 6) is -4.97. The Morgan fingerprint density at radius 2 is 1.15 bits per heavy atom. The summed E-state index contributed by atoms with van der Waals surface area (Å²) in [6.07, 6.45) is 1.66. The van der Waals surface area contributed by atoms with Gasteiger partial charge in [0, 0.05) is 5.75 Å². The van der Waals surface area contributed by atoms with Crippen LogP contribution in [0.25, 0.3) is 0 Å². The Hall–Kier alpha value is -2.42. The zero-order valence-electron chi connectivity index (χ0n) is 18.5. The maximum absolute atomic E-state index is 12.9. The van der Waals surface area contributed by atoms with Crippen molar-refractivity contribution in [2.45, 2.75) is 69.1 Å². The van der Waals surface area contributed by atoms with Gasteiger partial charge in [0.25, 0.3) is 0 Å². The first-order valence-electron chi connectivity index (χ1n) is 10.7. The molecule has 0 fully saturated rings. The Labute approximate surface area is 198 Å². The first kappa shape index (κ1) is 30.6. The van der Waals surface area contributed by atoms with Crippen molar-refractivity contribution in [3.63, 3.8) is 0 Å². The average molecular weight is 493 g/mol. The first-order valence-corrected chi connectivity index (χ1v) is 11.3. The van der Waals surface area contributed by atoms with Crippen LogP contribution in [0.15, 0.2) is 0 Å². The van der Waals surface area contributed by atoms with E-state index in [0.717, 1.165) is 0 Å². The zero-order valence-corrected chi connectivity index (χ0v) is 19.4. The number of hydrogen-bond donors (Lipinski definition) is 9. The lowest BCUT2D eigenvalue weighted by Gasteiger charge is -2.25. The minimum atomic E-state index is -1.67. The number of amides is 3. The predicted molar refractivity (Wildman–Crippen MR) is 123 cm³/mol. The number of nitrogens with two attached hydrogens (primary N) is 3. The Morgan fingerprint density at radius 1 is 0.727 bits per heavy atom. The van der Waals surface area contributed by atoms with Crippen molar-refractivity contribution in [1.82, 2.24) is 16.0 Å². The van der Waals surface area contributed by atoms with Crippen LogP contribution in [0.4, 0.5) is 0 Å². The Balaban J connectivity index is 5.47. The zero-order chi connectivity index (χ0) is 25.4. The fourth-order valence-electron chi connectivity index (χ4n) is 2.80. The molecule has 0 aromatic carbocycles. The molecule has 0 aromatic rings. The summed E-state index contributed by atoms with van der Waals surface area (Å²) >= 11 is 3.96. The van der Waals surface area contributed by atoms with Crippen LogP contribution in [0.3, 0.4) is 0 Å². The molecule has 4 unspecified atom stereocenters. The van der Waals surface area contributed by atoms with Gasteiger partial charge in [-0.05, 0) is 51.6 Å². The van der Waals surface area contributed by atoms with Crippen molar-refractivity contribution in [2.75, 3.05) is 18.8 Å². The van der Waals surface area contributed by atoms with Gasteiger partial charge in [0.2, 0.25) is 17.7 Å². The van der Waals surface area contributed by atoms with Gasteiger partial charge in [0.1, 0.15) is 18.1 Å². The van der Waals surface area contributed by atoms with Gasteiger partial charge in [-0.2, -0.15) is 12.6 Å². The molecule has 0 saturated carbocycles. The van der Waals surface area contributed by atoms with Crippen molar-refractivity contribution >= 4 is 42.3 Å². The van der Waals surface area contributed by atoms with E-state index in [1.165, 1.54) is 0 Å². The van der Waals surface area contributed by atoms with E-state index in [0.29, 0.717) is 38.8 Å². The Morgan fingerprint density at radius 3 is 1.52 bits per heavy atom. The second kappa shape index (κ2) is 17.1. The van der Waals surface area contributed by atoms with E-state index >= 15 is 0 Å². The SMILES string of the molecule is NCCCCC(NC(=O)C(N)CS)C(=O)NC(CCCCN)C(=O)NC(CC(=O)O)C(=O)O. The van der Waals surface area contributed by atoms with Crippen LogP contribution in [0, 0.1) is 0 Å². The molecule has 33 heavy (non-hydrogen) atoms. The second-order valence-electron chi connectivity index (χ2n) is 7.48. The van der Waals surface area contributed by atoms with Crippen LogP contribution in [0.1, 0.15) is 44.9 Å². The Kier molecular flexibility index (Phi) is 15.9. The van der Waals surface area contributed by atoms with Crippen molar-refractivity contribution in [3.05, 3.63) is 0 Å². The summed E-state index contributed by atoms with van der Waals surface area (Å²) in [5, 5.41) is 25.2. The van der Waals surface area contributed by atoms with Gasteiger partial charge in [-0.15, -0.1) is 0 Å². The van der Waals surface area contributed by atoms with Gasteiger partial charge in [0.15, 0.2) is 0 Å². The number of hydrogen-bond acceptors (Lipinski definition) is 9. The van der Waals surface area contributed by atoms with Crippen LogP contribution in [0.2, 0.25) is 0 Å². The van der Waals surface area contributed by atoms with Gasteiger partial charge >= 0.3 is 11.9 Å². The van der Waals surface area contributed by atoms with Crippen LogP contribution >= 0.6 is 12.6 Å². The predicted octanol–water partition coefficient (Wildman–Crippen LogP) is -2.48. The largest absolute Gasteiger partial charge is 0.481 e. The molecule has 0 radical (unpaired) electrons. The van der Waals surface area contributed by atoms with E-state index in [2.05, 4.69) is 28.6 Å². The number of nitrogens with one attached hydrogen (secondary N) is 3. The third-order valence-electron chi connectivity index (χ3n) is 4.69. The van der Waals surface area contributed by atoms with E-state index in [9.17, 15) is 29.1 Å². The van der Waals surface area contributed by atoms with Crippen LogP contribution in [0.5, 0.6) is 0 Å². The van der Waals surface area contributed by atoms with Crippen LogP contribution in [-0.4, -0.2) is 82.9 Å². The molecule has 11 N–H and O–H groups in total. The minimum Gasteiger partial charge on any atom is -0.481 e. The standard InChI is InChI=1S/C19H36N6O7S/c20-7-3-1-5-12(23-16(28)11(22)10-33)17(29)24-13(6-2-4-8-21)18(30)25-14(19(31)32)9-15(26)27/h11-14,33H,1-10,20-22H2,(H,23,28)(H,24,29)(H,25,30)(H,26,27)(H,31,32). The van der Waals surface area contributed by atoms with Gasteiger partial charge in [0.05, 0.1) is 12.5 Å². The third kappa shape index (κ3) is 13.0. The first-order chi connectivity index (χ1) is 15.6. The molecule has 0 bridgehead atoms. The number of unbranched alkanes of at least 4 members (excludes halogenated alkanes) is 2. The number of carboxylic acids is 2. The lowest BCUT2D eigenvalue weighted by atomic mass is 10.0. The van der Waals surface area contributed by atoms with Crippen molar-refractivity contribution < 1.29 is 34.2 Å². The number of rotatable bonds is 18. The average Bonchev–Trinajstić information content (AvgIpc) is 2.76. The summed E-state index contributed by atoms with van der Waals surface area (Å²) in [4.78, 5) is 59.9. The smallest absolute Gasteiger partial charge is 0.326 e. The summed E-state index contributed by atoms with van der Waals surface area (Å²) < 4.78 is 0. The number of carbonyl (C=O) groups excluding carboxylic acids is 3. The van der Waals surface area contributed by atoms with E-state index in [1.807, 2.05) is 0 Å². The van der Waals surface area contributed by atoms with Crippen molar-refractivity contribution in [1.29, 1.82) is 0 Å². The molecule has 4 atom stereocenters. The van der Waals surface area contributed by atoms with E-state index in [4.69, 9.17) is 22.3 Å². The summed E-state index contributed by atoms with van der Waals surface area (Å²) in [6.45, 7) is 0.737. The van der Waals surface area contributed by atoms with Gasteiger partial charge in [-0.3, -0.25) is 19.2 Å². The molecule has 3 amide bonds. The fourth-order valence-corrected chi connectivity index (χ4v) is 2.97. The number of thiol groups is 1. The number of carbonyl (C=O) groups is 5. The summed E-state index contributed by atoms with van der Waals surface area (Å²) in [5.41, 5.74) is 16.6. The van der Waals surface area contributed by atoms with E-state index < -0.39 is 60.2 Å². The highest BCUT2D eigenvalue weighted by molar-refractivity contribution is 7.80. The Bertz CT molecular complexity index is 667. The highest BCUT2D eigenvalue weighted by atomic mass is 32.1. The van der Waals surface area contributed by atoms with E-state index in [1.54, 1.807) is 0 Å². The maximum Gasteiger partial charge on any atom is 0.326 e. The molecule has 0 rings (SSSR count). The highest BCUT2D eigenvalue weighted by Gasteiger charge is 2.30. The quantitative estimate of drug-likeness (QED) is 0.0720. The molecule has 13 nitrogen and oxygen atoms in total. The van der Waals surface area contributed by atoms with Crippen molar-refractivity contribution in [2.24, 2.45) is 17.2 Å². The van der Waals surface area contributed by atoms with Gasteiger partial charge < -0.3 is 43.4 Å². The fraction of sp³-hybridized carbons (Fsp3) is 0.737. The molecule has 0 aromatic heterocycles. The molecular formula is C19H36N6O7S. The molecule has 0 aliphatic rings. The molecule has 14 heteroatoms. The normalized spacial score (nSPS) is 14.4. The van der Waals surface area contributed by atoms with Crippen LogP contribution < -0.4 is 33.2 Å². The summed E-state index contributed by atoms with van der Waals surface area (Å²) in [6, 6.07) is -4.77. The molecule has 0 saturated heterocycles. The molecule has 0 heterocycles. The molecular weight excluding hydrogens is 456 g/mol. The second-order valence-corrected chi connectivity index (χ2v) is 7.84. The number of aliphatic carboxylic acids is 2. The third-order valence-corrected chi connectivity index (χ3v) is 5.08. The molecule has 190 valence electrons. The molecule has 0 aliphatic heterocycles. The monoisotopic (exact) mass is 492 g/mol. The lowest BCUT2D eigenvalue weighted by Crippen LogP contribution is -2.57. The lowest BCUT2D eigenvalue weighted by molar-refractivity contribution is -0.147. The molecule has 0 aliphatic carbocycles. The van der Waals surface area contributed by atoms with Crippen molar-refractivity contribution in [3.8, 4) is 0 Å². The summed E-state index contributed by atoms with van der Waals surface area (Å²) in [7, 11) is 0. The topological polar surface area (TPSA) is 240 Å². The highest BCUT2D eigenvalue weighted by Crippen LogP contribution is 2.07. The van der Waals surface area contributed by atoms with Gasteiger partial charge in [-0.25, -0.2) is 4.79 Å².